The summed E-state index contributed by atoms with van der Waals surface area (Å²) in [6.45, 7) is 5.58. The number of nitrogens with one attached hydrogen (secondary N) is 2. The molecule has 1 fully saturated rings. The number of carbonyl (C=O) groups is 3. The highest BCUT2D eigenvalue weighted by Crippen LogP contribution is 2.31. The second-order valence-corrected chi connectivity index (χ2v) is 9.19. The largest absolute Gasteiger partial charge is 0.391 e. The Labute approximate surface area is 205 Å². The smallest absolute Gasteiger partial charge is 0.243 e. The summed E-state index contributed by atoms with van der Waals surface area (Å²) >= 11 is 0. The Morgan fingerprint density at radius 1 is 1.29 bits per heavy atom. The molecule has 0 aliphatic carbocycles. The van der Waals surface area contributed by atoms with Gasteiger partial charge in [0.1, 0.15) is 17.7 Å². The highest BCUT2D eigenvalue weighted by Gasteiger charge is 2.43. The first-order valence-corrected chi connectivity index (χ1v) is 11.6. The summed E-state index contributed by atoms with van der Waals surface area (Å²) in [5.74, 6) is 1.19. The number of terminal acetylenes is 1. The van der Waals surface area contributed by atoms with Crippen LogP contribution in [0.4, 0.5) is 0 Å². The number of amides is 3. The molecule has 1 aromatic heterocycles. The minimum atomic E-state index is -0.889. The van der Waals surface area contributed by atoms with Crippen molar-refractivity contribution in [2.75, 3.05) is 13.6 Å². The van der Waals surface area contributed by atoms with Gasteiger partial charge in [0.15, 0.2) is 0 Å². The SMILES string of the molecule is C#Cc1ccc(C(CC(=O)NC)NC(=O)C2CC(O)CN2C(=O)C(c2cc(C)no2)C(C)C)cc1. The van der Waals surface area contributed by atoms with Crippen molar-refractivity contribution in [2.45, 2.75) is 57.7 Å². The predicted molar refractivity (Wildman–Crippen MR) is 129 cm³/mol. The molecule has 9 heteroatoms. The monoisotopic (exact) mass is 480 g/mol. The van der Waals surface area contributed by atoms with Gasteiger partial charge in [-0.3, -0.25) is 14.4 Å². The average molecular weight is 481 g/mol. The molecule has 1 aliphatic rings. The molecular formula is C26H32N4O5. The molecule has 2 aromatic rings. The maximum atomic E-state index is 13.6. The molecule has 2 heterocycles. The van der Waals surface area contributed by atoms with Crippen molar-refractivity contribution in [3.05, 3.63) is 52.9 Å². The van der Waals surface area contributed by atoms with Crippen LogP contribution < -0.4 is 10.6 Å². The van der Waals surface area contributed by atoms with Crippen LogP contribution in [0.2, 0.25) is 0 Å². The summed E-state index contributed by atoms with van der Waals surface area (Å²) in [4.78, 5) is 40.5. The van der Waals surface area contributed by atoms with Crippen molar-refractivity contribution >= 4 is 17.7 Å². The maximum Gasteiger partial charge on any atom is 0.243 e. The number of aromatic nitrogens is 1. The Hall–Kier alpha value is -3.64. The third-order valence-corrected chi connectivity index (χ3v) is 6.21. The van der Waals surface area contributed by atoms with E-state index in [4.69, 9.17) is 10.9 Å². The number of hydrogen-bond donors (Lipinski definition) is 3. The van der Waals surface area contributed by atoms with Crippen molar-refractivity contribution < 1.29 is 24.0 Å². The number of rotatable bonds is 8. The van der Waals surface area contributed by atoms with E-state index >= 15 is 0 Å². The van der Waals surface area contributed by atoms with E-state index in [1.165, 1.54) is 11.9 Å². The van der Waals surface area contributed by atoms with Gasteiger partial charge >= 0.3 is 0 Å². The molecule has 186 valence electrons. The number of carbonyl (C=O) groups excluding carboxylic acids is 3. The topological polar surface area (TPSA) is 125 Å². The number of aliphatic hydroxyl groups is 1. The Kier molecular flexibility index (Phi) is 8.30. The van der Waals surface area contributed by atoms with Crippen LogP contribution in [0.3, 0.4) is 0 Å². The molecule has 9 nitrogen and oxygen atoms in total. The Morgan fingerprint density at radius 2 is 1.97 bits per heavy atom. The molecule has 0 radical (unpaired) electrons. The zero-order valence-electron chi connectivity index (χ0n) is 20.4. The standard InChI is InChI=1S/C26H32N4O5/c1-6-17-7-9-18(10-8-17)20(13-23(32)27-5)28-25(33)21-12-19(31)14-30(21)26(34)24(15(2)3)22-11-16(4)29-35-22/h1,7-11,15,19-21,24,31H,12-14H2,2-5H3,(H,27,32)(H,28,33). The lowest BCUT2D eigenvalue weighted by atomic mass is 9.91. The van der Waals surface area contributed by atoms with Crippen LogP contribution in [0.15, 0.2) is 34.9 Å². The number of hydrogen-bond acceptors (Lipinski definition) is 6. The quantitative estimate of drug-likeness (QED) is 0.494. The van der Waals surface area contributed by atoms with Gasteiger partial charge in [0.2, 0.25) is 17.7 Å². The summed E-state index contributed by atoms with van der Waals surface area (Å²) in [5, 5.41) is 19.7. The normalized spacial score (nSPS) is 19.2. The van der Waals surface area contributed by atoms with Gasteiger partial charge in [0.25, 0.3) is 0 Å². The van der Waals surface area contributed by atoms with Crippen LogP contribution in [0.5, 0.6) is 0 Å². The second kappa shape index (κ2) is 11.2. The van der Waals surface area contributed by atoms with Crippen molar-refractivity contribution in [1.82, 2.24) is 20.7 Å². The van der Waals surface area contributed by atoms with Gasteiger partial charge in [-0.15, -0.1) is 6.42 Å². The van der Waals surface area contributed by atoms with E-state index < -0.39 is 30.0 Å². The van der Waals surface area contributed by atoms with Crippen molar-refractivity contribution in [2.24, 2.45) is 5.92 Å². The lowest BCUT2D eigenvalue weighted by molar-refractivity contribution is -0.141. The van der Waals surface area contributed by atoms with Crippen LogP contribution in [0.25, 0.3) is 0 Å². The Bertz CT molecular complexity index is 1100. The number of β-amino-alcohol motifs (C(OH)–C–C–N with tert-alkyl or cyclic N) is 1. The lowest BCUT2D eigenvalue weighted by Gasteiger charge is -2.30. The van der Waals surface area contributed by atoms with Gasteiger partial charge in [-0.25, -0.2) is 0 Å². The fraction of sp³-hybridized carbons (Fsp3) is 0.462. The summed E-state index contributed by atoms with van der Waals surface area (Å²) in [5.41, 5.74) is 2.04. The van der Waals surface area contributed by atoms with E-state index in [-0.39, 0.29) is 37.1 Å². The minimum Gasteiger partial charge on any atom is -0.391 e. The molecular weight excluding hydrogens is 448 g/mol. The first kappa shape index (κ1) is 26.0. The van der Waals surface area contributed by atoms with Gasteiger partial charge in [-0.1, -0.05) is 37.1 Å². The molecule has 35 heavy (non-hydrogen) atoms. The summed E-state index contributed by atoms with van der Waals surface area (Å²) < 4.78 is 5.37. The first-order valence-electron chi connectivity index (χ1n) is 11.6. The van der Waals surface area contributed by atoms with Crippen LogP contribution in [-0.4, -0.2) is 58.6 Å². The number of nitrogens with zero attached hydrogens (tertiary/aromatic N) is 2. The lowest BCUT2D eigenvalue weighted by Crippen LogP contribution is -2.49. The summed E-state index contributed by atoms with van der Waals surface area (Å²) in [6, 6.07) is 7.18. The van der Waals surface area contributed by atoms with Crippen LogP contribution in [-0.2, 0) is 14.4 Å². The maximum absolute atomic E-state index is 13.6. The van der Waals surface area contributed by atoms with E-state index in [1.54, 1.807) is 37.3 Å². The van der Waals surface area contributed by atoms with E-state index in [0.29, 0.717) is 22.6 Å². The van der Waals surface area contributed by atoms with Crippen LogP contribution >= 0.6 is 0 Å². The van der Waals surface area contributed by atoms with E-state index in [9.17, 15) is 19.5 Å². The highest BCUT2D eigenvalue weighted by molar-refractivity contribution is 5.91. The molecule has 3 amide bonds. The van der Waals surface area contributed by atoms with Crippen molar-refractivity contribution in [3.8, 4) is 12.3 Å². The fourth-order valence-corrected chi connectivity index (χ4v) is 4.37. The number of aryl methyl sites for hydroxylation is 1. The summed E-state index contributed by atoms with van der Waals surface area (Å²) in [6.07, 6.45) is 4.69. The first-order chi connectivity index (χ1) is 16.6. The van der Waals surface area contributed by atoms with Gasteiger partial charge in [0.05, 0.1) is 24.3 Å². The molecule has 0 saturated carbocycles. The molecule has 3 rings (SSSR count). The molecule has 1 aromatic carbocycles. The van der Waals surface area contributed by atoms with Crippen molar-refractivity contribution in [3.63, 3.8) is 0 Å². The van der Waals surface area contributed by atoms with E-state index in [2.05, 4.69) is 21.7 Å². The van der Waals surface area contributed by atoms with Crippen LogP contribution in [0, 0.1) is 25.2 Å². The van der Waals surface area contributed by atoms with E-state index in [1.807, 2.05) is 13.8 Å². The average Bonchev–Trinajstić information content (AvgIpc) is 3.43. The predicted octanol–water partition coefficient (Wildman–Crippen LogP) is 1.66. The molecule has 4 atom stereocenters. The highest BCUT2D eigenvalue weighted by atomic mass is 16.5. The Morgan fingerprint density at radius 3 is 2.51 bits per heavy atom. The van der Waals surface area contributed by atoms with Crippen LogP contribution in [0.1, 0.15) is 61.2 Å². The minimum absolute atomic E-state index is 0.00677. The zero-order valence-corrected chi connectivity index (χ0v) is 20.4. The summed E-state index contributed by atoms with van der Waals surface area (Å²) in [7, 11) is 1.52. The number of likely N-dealkylation sites (tertiary alicyclic amines) is 1. The third-order valence-electron chi connectivity index (χ3n) is 6.21. The van der Waals surface area contributed by atoms with Gasteiger partial charge < -0.3 is 25.2 Å². The molecule has 3 N–H and O–H groups in total. The fourth-order valence-electron chi connectivity index (χ4n) is 4.37. The Balaban J connectivity index is 1.84. The van der Waals surface area contributed by atoms with Gasteiger partial charge in [0, 0.05) is 31.6 Å². The number of benzene rings is 1. The van der Waals surface area contributed by atoms with Crippen molar-refractivity contribution in [1.29, 1.82) is 0 Å². The molecule has 0 bridgehead atoms. The zero-order chi connectivity index (χ0) is 25.7. The molecule has 1 saturated heterocycles. The van der Waals surface area contributed by atoms with Gasteiger partial charge in [-0.05, 0) is 30.5 Å². The molecule has 0 spiro atoms. The molecule has 4 unspecified atom stereocenters. The number of aliphatic hydroxyl groups excluding tert-OH is 1. The van der Waals surface area contributed by atoms with Gasteiger partial charge in [-0.2, -0.15) is 0 Å². The molecule has 1 aliphatic heterocycles. The second-order valence-electron chi connectivity index (χ2n) is 9.19. The third kappa shape index (κ3) is 6.08. The van der Waals surface area contributed by atoms with E-state index in [0.717, 1.165) is 0 Å².